The monoisotopic (exact) mass is 607 g/mol. The van der Waals surface area contributed by atoms with Gasteiger partial charge in [0.1, 0.15) is 24.3 Å². The number of esters is 1. The lowest BCUT2D eigenvalue weighted by Crippen LogP contribution is -2.42. The second-order valence-electron chi connectivity index (χ2n) is 10.2. The molecule has 2 aromatic rings. The van der Waals surface area contributed by atoms with Crippen LogP contribution in [-0.4, -0.2) is 59.1 Å². The fraction of sp³-hybridized carbons (Fsp3) is 0.542. The molecule has 2 aliphatic heterocycles. The summed E-state index contributed by atoms with van der Waals surface area (Å²) in [6, 6.07) is 6.03. The van der Waals surface area contributed by atoms with Crippen molar-refractivity contribution in [3.63, 3.8) is 0 Å². The molecule has 0 saturated carbocycles. The summed E-state index contributed by atoms with van der Waals surface area (Å²) in [6.07, 6.45) is -5.59. The van der Waals surface area contributed by atoms with Gasteiger partial charge in [0.2, 0.25) is 6.23 Å². The summed E-state index contributed by atoms with van der Waals surface area (Å²) in [7, 11) is -2.56. The molecule has 0 aliphatic carbocycles. The minimum absolute atomic E-state index is 0.0386. The van der Waals surface area contributed by atoms with E-state index in [0.29, 0.717) is 27.3 Å². The van der Waals surface area contributed by atoms with E-state index in [9.17, 15) is 28.0 Å². The van der Waals surface area contributed by atoms with Crippen molar-refractivity contribution < 1.29 is 46.5 Å². The normalized spacial score (nSPS) is 28.2. The number of nitrogens with zero attached hydrogens (tertiary/aromatic N) is 2. The molecule has 5 atom stereocenters. The Morgan fingerprint density at radius 2 is 2.08 bits per heavy atom. The number of rotatable bonds is 7. The summed E-state index contributed by atoms with van der Waals surface area (Å²) < 4.78 is 69.8. The lowest BCUT2D eigenvalue weighted by atomic mass is 9.97. The number of hydrogen-bond acceptors (Lipinski definition) is 10. The van der Waals surface area contributed by atoms with Crippen LogP contribution in [-0.2, 0) is 27.9 Å². The number of carbonyl (C=O) groups excluding carboxylic acids is 1. The van der Waals surface area contributed by atoms with Gasteiger partial charge in [-0.15, -0.1) is 0 Å². The second-order valence-corrected chi connectivity index (χ2v) is 12.3. The summed E-state index contributed by atoms with van der Waals surface area (Å²) in [5.41, 5.74) is -1.48. The van der Waals surface area contributed by atoms with E-state index in [1.807, 2.05) is 0 Å². The van der Waals surface area contributed by atoms with Gasteiger partial charge in [0.05, 0.1) is 30.3 Å². The topological polar surface area (TPSA) is 147 Å². The molecule has 0 bridgehead atoms. The lowest BCUT2D eigenvalue weighted by Gasteiger charge is -2.30. The number of hydrogen-bond donors (Lipinski definition) is 2. The Bertz CT molecular complexity index is 1370. The van der Waals surface area contributed by atoms with Gasteiger partial charge >= 0.3 is 25.3 Å². The van der Waals surface area contributed by atoms with Gasteiger partial charge in [-0.25, -0.2) is 9.36 Å². The predicted molar refractivity (Wildman–Crippen MR) is 137 cm³/mol. The van der Waals surface area contributed by atoms with E-state index in [-0.39, 0.29) is 12.4 Å². The summed E-state index contributed by atoms with van der Waals surface area (Å²) >= 11 is 6.18. The van der Waals surface area contributed by atoms with Crippen molar-refractivity contribution >= 4 is 31.1 Å². The molecule has 40 heavy (non-hydrogen) atoms. The number of methoxy groups -OCH3 is 1. The largest absolute Gasteiger partial charge is 0.495 e. The van der Waals surface area contributed by atoms with Gasteiger partial charge < -0.3 is 19.3 Å². The van der Waals surface area contributed by atoms with Crippen LogP contribution in [0.5, 0.6) is 5.75 Å². The summed E-state index contributed by atoms with van der Waals surface area (Å²) in [4.78, 5) is 28.3. The van der Waals surface area contributed by atoms with E-state index in [2.05, 4.69) is 10.1 Å². The van der Waals surface area contributed by atoms with Crippen LogP contribution in [0.3, 0.4) is 0 Å². The molecule has 12 nitrogen and oxygen atoms in total. The smallest absolute Gasteiger partial charge is 0.434 e. The third-order valence-corrected chi connectivity index (χ3v) is 8.01. The lowest BCUT2D eigenvalue weighted by molar-refractivity contribution is -0.159. The maximum Gasteiger partial charge on any atom is 0.434 e. The van der Waals surface area contributed by atoms with E-state index in [1.54, 1.807) is 39.0 Å². The minimum atomic E-state index is -4.03. The van der Waals surface area contributed by atoms with Crippen LogP contribution in [0.1, 0.15) is 45.1 Å². The molecule has 2 unspecified atom stereocenters. The Morgan fingerprint density at radius 1 is 1.35 bits per heavy atom. The van der Waals surface area contributed by atoms with Gasteiger partial charge in [-0.05, 0) is 44.5 Å². The molecular weight excluding hydrogens is 579 g/mol. The van der Waals surface area contributed by atoms with Gasteiger partial charge in [0.15, 0.2) is 6.10 Å². The number of nitrogens with one attached hydrogen (secondary N) is 1. The molecule has 0 radical (unpaired) electrons. The highest BCUT2D eigenvalue weighted by atomic mass is 35.5. The highest BCUT2D eigenvalue weighted by Gasteiger charge is 2.60. The highest BCUT2D eigenvalue weighted by molar-refractivity contribution is 7.55. The van der Waals surface area contributed by atoms with Crippen LogP contribution in [0.15, 0.2) is 35.3 Å². The number of aliphatic hydroxyl groups excluding tert-OH is 1. The number of aromatic nitrogens is 2. The molecule has 1 aromatic carbocycles. The Kier molecular flexibility index (Phi) is 8.61. The van der Waals surface area contributed by atoms with Gasteiger partial charge in [-0.2, -0.15) is 13.8 Å². The number of alkyl halides is 2. The highest BCUT2D eigenvalue weighted by Crippen LogP contribution is 2.55. The van der Waals surface area contributed by atoms with Crippen molar-refractivity contribution in [2.45, 2.75) is 57.7 Å². The maximum atomic E-state index is 14.9. The van der Waals surface area contributed by atoms with E-state index < -0.39 is 61.9 Å². The van der Waals surface area contributed by atoms with Crippen LogP contribution < -0.4 is 15.5 Å². The summed E-state index contributed by atoms with van der Waals surface area (Å²) in [5.74, 6) is -4.42. The fourth-order valence-electron chi connectivity index (χ4n) is 3.97. The zero-order valence-corrected chi connectivity index (χ0v) is 23.7. The van der Waals surface area contributed by atoms with Crippen molar-refractivity contribution in [3.05, 3.63) is 51.5 Å². The Hall–Kier alpha value is -2.61. The first-order chi connectivity index (χ1) is 18.6. The second kappa shape index (κ2) is 11.3. The molecule has 3 heterocycles. The van der Waals surface area contributed by atoms with Crippen LogP contribution in [0.4, 0.5) is 14.6 Å². The molecule has 16 heteroatoms. The van der Waals surface area contributed by atoms with Gasteiger partial charge in [-0.3, -0.25) is 23.5 Å². The van der Waals surface area contributed by atoms with Crippen LogP contribution in [0.25, 0.3) is 0 Å². The molecule has 2 aliphatic rings. The summed E-state index contributed by atoms with van der Waals surface area (Å²) in [5, 5.41) is 12.9. The molecule has 220 valence electrons. The average molecular weight is 608 g/mol. The van der Waals surface area contributed by atoms with Crippen LogP contribution in [0, 0.1) is 5.41 Å². The van der Waals surface area contributed by atoms with Crippen molar-refractivity contribution in [1.82, 2.24) is 9.55 Å². The number of carbonyl (C=O) groups is 1. The van der Waals surface area contributed by atoms with E-state index >= 15 is 0 Å². The molecule has 0 amide bonds. The van der Waals surface area contributed by atoms with Gasteiger partial charge in [0, 0.05) is 12.6 Å². The minimum Gasteiger partial charge on any atom is -0.495 e. The van der Waals surface area contributed by atoms with Gasteiger partial charge in [0.25, 0.3) is 0 Å². The van der Waals surface area contributed by atoms with Crippen LogP contribution >= 0.6 is 19.3 Å². The van der Waals surface area contributed by atoms with E-state index in [0.717, 1.165) is 12.3 Å². The molecule has 2 saturated heterocycles. The number of ether oxygens (including phenoxy) is 3. The summed E-state index contributed by atoms with van der Waals surface area (Å²) in [6.45, 7) is 4.12. The molecule has 0 spiro atoms. The SMILES string of the molecule is COc1ccc(C2CCOP(=O)(Nc3ccn([C@@H]4O[C@H](COC(=O)C(C)(C)C)[C@@H](O)C4(F)F)c(=O)n3)O2)cc1Cl. The number of anilines is 1. The van der Waals surface area contributed by atoms with E-state index in [1.165, 1.54) is 7.11 Å². The first kappa shape index (κ1) is 30.4. The van der Waals surface area contributed by atoms with Crippen molar-refractivity contribution in [3.8, 4) is 5.75 Å². The van der Waals surface area contributed by atoms with E-state index in [4.69, 9.17) is 34.9 Å². The van der Waals surface area contributed by atoms with Crippen molar-refractivity contribution in [1.29, 1.82) is 0 Å². The zero-order chi connectivity index (χ0) is 29.5. The number of halogens is 3. The molecule has 2 N–H and O–H groups in total. The molecular formula is C24H29ClF2N3O9P. The third kappa shape index (κ3) is 6.32. The quantitative estimate of drug-likeness (QED) is 0.346. The number of aliphatic hydroxyl groups is 1. The van der Waals surface area contributed by atoms with Crippen molar-refractivity contribution in [2.75, 3.05) is 25.4 Å². The Balaban J connectivity index is 1.47. The Labute approximate surface area is 233 Å². The molecule has 4 rings (SSSR count). The average Bonchev–Trinajstić information content (AvgIpc) is 3.10. The molecule has 2 fully saturated rings. The van der Waals surface area contributed by atoms with Gasteiger partial charge in [-0.1, -0.05) is 17.7 Å². The predicted octanol–water partition coefficient (Wildman–Crippen LogP) is 4.09. The fourth-order valence-corrected chi connectivity index (χ4v) is 5.73. The first-order valence-corrected chi connectivity index (χ1v) is 14.1. The molecule has 1 aromatic heterocycles. The number of benzene rings is 1. The van der Waals surface area contributed by atoms with Crippen molar-refractivity contribution in [2.24, 2.45) is 5.41 Å². The zero-order valence-electron chi connectivity index (χ0n) is 22.0. The first-order valence-electron chi connectivity index (χ1n) is 12.2. The standard InChI is InChI=1S/C24H29ClF2N3O9P/c1-23(2,3)21(32)36-12-17-19(31)24(26,27)20(38-17)30-9-7-18(28-22(30)33)29-40(34)37-10-8-15(39-40)13-5-6-16(35-4)14(25)11-13/h5-7,9,11,15,17,19-20,31H,8,10,12H2,1-4H3,(H,28,29,33,34)/t15?,17-,19-,20-,40?/m1/s1. The maximum absolute atomic E-state index is 14.9. The third-order valence-electron chi connectivity index (χ3n) is 6.16. The van der Waals surface area contributed by atoms with Crippen LogP contribution in [0.2, 0.25) is 5.02 Å². The Morgan fingerprint density at radius 3 is 2.70 bits per heavy atom.